The van der Waals surface area contributed by atoms with Crippen molar-refractivity contribution in [3.8, 4) is 0 Å². The largest absolute Gasteiger partial charge is 0.466 e. The highest BCUT2D eigenvalue weighted by molar-refractivity contribution is 6.35. The average molecular weight is 277 g/mol. The first-order valence-corrected chi connectivity index (χ1v) is 5.77. The summed E-state index contributed by atoms with van der Waals surface area (Å²) in [6, 6.07) is 2.87. The number of carbonyl (C=O) groups excluding carboxylic acids is 1. The highest BCUT2D eigenvalue weighted by Gasteiger charge is 2.06. The molecule has 0 aliphatic heterocycles. The second kappa shape index (κ2) is 6.62. The Kier molecular flexibility index (Phi) is 5.45. The first-order valence-electron chi connectivity index (χ1n) is 5.01. The molecule has 0 bridgehead atoms. The maximum atomic E-state index is 13.1. The molecule has 0 atom stereocenters. The van der Waals surface area contributed by atoms with E-state index in [0.717, 1.165) is 0 Å². The Balaban J connectivity index is 2.69. The zero-order valence-corrected chi connectivity index (χ0v) is 10.7. The summed E-state index contributed by atoms with van der Waals surface area (Å²) in [7, 11) is 0. The number of esters is 1. The molecule has 0 amide bonds. The molecule has 2 nitrogen and oxygen atoms in total. The molecule has 0 unspecified atom stereocenters. The molecule has 0 spiro atoms. The molecule has 92 valence electrons. The van der Waals surface area contributed by atoms with Crippen LogP contribution in [-0.2, 0) is 9.53 Å². The number of halogens is 3. The van der Waals surface area contributed by atoms with Gasteiger partial charge in [0, 0.05) is 0 Å². The molecule has 0 N–H and O–H groups in total. The van der Waals surface area contributed by atoms with Gasteiger partial charge in [-0.2, -0.15) is 0 Å². The van der Waals surface area contributed by atoms with Crippen LogP contribution in [0.4, 0.5) is 4.39 Å². The van der Waals surface area contributed by atoms with Crippen LogP contribution in [0.25, 0.3) is 6.08 Å². The van der Waals surface area contributed by atoms with Crippen molar-refractivity contribution >= 4 is 35.2 Å². The van der Waals surface area contributed by atoms with E-state index in [1.807, 2.05) is 0 Å². The van der Waals surface area contributed by atoms with Crippen LogP contribution in [-0.4, -0.2) is 12.6 Å². The molecule has 0 radical (unpaired) electrons. The number of ether oxygens (including phenoxy) is 1. The Hall–Kier alpha value is -1.06. The van der Waals surface area contributed by atoms with Crippen LogP contribution in [0.2, 0.25) is 10.0 Å². The minimum absolute atomic E-state index is 0.0479. The summed E-state index contributed by atoms with van der Waals surface area (Å²) >= 11 is 11.3. The lowest BCUT2D eigenvalue weighted by Gasteiger charge is -2.00. The SMILES string of the molecule is CCOC(=O)CC=Cc1cc(Cl)c(F)c(Cl)c1. The molecular weight excluding hydrogens is 266 g/mol. The van der Waals surface area contributed by atoms with Gasteiger partial charge in [-0.15, -0.1) is 0 Å². The van der Waals surface area contributed by atoms with Gasteiger partial charge in [-0.1, -0.05) is 35.4 Å². The van der Waals surface area contributed by atoms with E-state index >= 15 is 0 Å². The van der Waals surface area contributed by atoms with Crippen LogP contribution in [0.5, 0.6) is 0 Å². The molecule has 1 aromatic rings. The monoisotopic (exact) mass is 276 g/mol. The Morgan fingerprint density at radius 1 is 1.41 bits per heavy atom. The van der Waals surface area contributed by atoms with Crippen molar-refractivity contribution < 1.29 is 13.9 Å². The summed E-state index contributed by atoms with van der Waals surface area (Å²) in [6.07, 6.45) is 3.40. The van der Waals surface area contributed by atoms with Crippen LogP contribution in [0.3, 0.4) is 0 Å². The van der Waals surface area contributed by atoms with Crippen molar-refractivity contribution in [3.05, 3.63) is 39.6 Å². The molecule has 0 aromatic heterocycles. The molecule has 0 heterocycles. The number of carbonyl (C=O) groups is 1. The Bertz CT molecular complexity index is 421. The van der Waals surface area contributed by atoms with Crippen LogP contribution in [0.15, 0.2) is 18.2 Å². The van der Waals surface area contributed by atoms with Crippen molar-refractivity contribution in [2.24, 2.45) is 0 Å². The van der Waals surface area contributed by atoms with Gasteiger partial charge in [0.25, 0.3) is 0 Å². The fourth-order valence-corrected chi connectivity index (χ4v) is 1.69. The van der Waals surface area contributed by atoms with Gasteiger partial charge in [-0.25, -0.2) is 4.39 Å². The van der Waals surface area contributed by atoms with Gasteiger partial charge in [0.1, 0.15) is 0 Å². The molecule has 17 heavy (non-hydrogen) atoms. The lowest BCUT2D eigenvalue weighted by Crippen LogP contribution is -2.01. The van der Waals surface area contributed by atoms with Crippen molar-refractivity contribution in [3.63, 3.8) is 0 Å². The number of rotatable bonds is 4. The minimum atomic E-state index is -0.643. The highest BCUT2D eigenvalue weighted by atomic mass is 35.5. The van der Waals surface area contributed by atoms with E-state index in [0.29, 0.717) is 12.2 Å². The maximum absolute atomic E-state index is 13.1. The lowest BCUT2D eigenvalue weighted by molar-refractivity contribution is -0.142. The van der Waals surface area contributed by atoms with Crippen molar-refractivity contribution in [2.75, 3.05) is 6.61 Å². The van der Waals surface area contributed by atoms with Gasteiger partial charge in [0.2, 0.25) is 0 Å². The van der Waals surface area contributed by atoms with Crippen molar-refractivity contribution in [2.45, 2.75) is 13.3 Å². The van der Waals surface area contributed by atoms with E-state index < -0.39 is 5.82 Å². The van der Waals surface area contributed by atoms with E-state index in [1.54, 1.807) is 19.1 Å². The summed E-state index contributed by atoms with van der Waals surface area (Å²) in [5, 5.41) is -0.0958. The fraction of sp³-hybridized carbons (Fsp3) is 0.250. The predicted octanol–water partition coefficient (Wildman–Crippen LogP) is 4.10. The molecule has 1 aromatic carbocycles. The third-order valence-corrected chi connectivity index (χ3v) is 2.46. The van der Waals surface area contributed by atoms with Gasteiger partial charge in [-0.3, -0.25) is 4.79 Å². The smallest absolute Gasteiger partial charge is 0.309 e. The van der Waals surface area contributed by atoms with Gasteiger partial charge >= 0.3 is 5.97 Å². The first-order chi connectivity index (χ1) is 8.04. The van der Waals surface area contributed by atoms with E-state index in [1.165, 1.54) is 12.1 Å². The van der Waals surface area contributed by atoms with Gasteiger partial charge in [-0.05, 0) is 24.6 Å². The van der Waals surface area contributed by atoms with E-state index in [9.17, 15) is 9.18 Å². The summed E-state index contributed by atoms with van der Waals surface area (Å²) in [6.45, 7) is 2.09. The Morgan fingerprint density at radius 2 is 2.00 bits per heavy atom. The minimum Gasteiger partial charge on any atom is -0.466 e. The standard InChI is InChI=1S/C12H11Cl2FO2/c1-2-17-11(16)5-3-4-8-6-9(13)12(15)10(14)7-8/h3-4,6-7H,2,5H2,1H3. The Labute approximate surface area is 109 Å². The van der Waals surface area contributed by atoms with Gasteiger partial charge in [0.15, 0.2) is 5.82 Å². The third kappa shape index (κ3) is 4.36. The van der Waals surface area contributed by atoms with Gasteiger partial charge < -0.3 is 4.74 Å². The van der Waals surface area contributed by atoms with Crippen molar-refractivity contribution in [1.82, 2.24) is 0 Å². The number of hydrogen-bond donors (Lipinski definition) is 0. The highest BCUT2D eigenvalue weighted by Crippen LogP contribution is 2.25. The van der Waals surface area contributed by atoms with Crippen LogP contribution in [0.1, 0.15) is 18.9 Å². The van der Waals surface area contributed by atoms with Crippen LogP contribution >= 0.6 is 23.2 Å². The fourth-order valence-electron chi connectivity index (χ4n) is 1.18. The predicted molar refractivity (Wildman–Crippen MR) is 66.7 cm³/mol. The molecule has 0 fully saturated rings. The zero-order valence-electron chi connectivity index (χ0n) is 9.17. The van der Waals surface area contributed by atoms with E-state index in [-0.39, 0.29) is 22.4 Å². The summed E-state index contributed by atoms with van der Waals surface area (Å²) in [4.78, 5) is 11.0. The third-order valence-electron chi connectivity index (χ3n) is 1.91. The molecule has 0 saturated carbocycles. The van der Waals surface area contributed by atoms with E-state index in [4.69, 9.17) is 27.9 Å². The number of hydrogen-bond acceptors (Lipinski definition) is 2. The normalized spacial score (nSPS) is 10.8. The molecule has 0 aliphatic carbocycles. The lowest BCUT2D eigenvalue weighted by atomic mass is 10.2. The second-order valence-corrected chi connectivity index (χ2v) is 4.02. The summed E-state index contributed by atoms with van der Waals surface area (Å²) in [5.74, 6) is -0.959. The maximum Gasteiger partial charge on any atom is 0.309 e. The zero-order chi connectivity index (χ0) is 12.8. The number of benzene rings is 1. The molecular formula is C12H11Cl2FO2. The molecule has 0 aliphatic rings. The molecule has 1 rings (SSSR count). The van der Waals surface area contributed by atoms with Crippen molar-refractivity contribution in [1.29, 1.82) is 0 Å². The van der Waals surface area contributed by atoms with Crippen LogP contribution in [0, 0.1) is 5.82 Å². The average Bonchev–Trinajstić information content (AvgIpc) is 2.26. The van der Waals surface area contributed by atoms with Crippen LogP contribution < -0.4 is 0 Å². The van der Waals surface area contributed by atoms with Gasteiger partial charge in [0.05, 0.1) is 23.1 Å². The summed E-state index contributed by atoms with van der Waals surface area (Å²) in [5.41, 5.74) is 0.630. The van der Waals surface area contributed by atoms with E-state index in [2.05, 4.69) is 0 Å². The second-order valence-electron chi connectivity index (χ2n) is 3.21. The Morgan fingerprint density at radius 3 is 2.53 bits per heavy atom. The first kappa shape index (κ1) is 14.0. The quantitative estimate of drug-likeness (QED) is 0.611. The summed E-state index contributed by atoms with van der Waals surface area (Å²) < 4.78 is 17.8. The molecule has 5 heteroatoms. The molecule has 0 saturated heterocycles. The topological polar surface area (TPSA) is 26.3 Å².